The number of nitrogens with one attached hydrogen (secondary N) is 1. The fraction of sp³-hybridized carbons (Fsp3) is 0.200. The van der Waals surface area contributed by atoms with Crippen LogP contribution in [-0.2, 0) is 17.4 Å². The van der Waals surface area contributed by atoms with Crippen LogP contribution in [0.4, 0.5) is 13.2 Å². The van der Waals surface area contributed by atoms with Crippen molar-refractivity contribution in [3.05, 3.63) is 59.8 Å². The summed E-state index contributed by atoms with van der Waals surface area (Å²) >= 11 is 0. The molecule has 0 saturated carbocycles. The molecule has 2 aromatic carbocycles. The van der Waals surface area contributed by atoms with Crippen LogP contribution in [0, 0.1) is 11.8 Å². The molecule has 3 aromatic rings. The third kappa shape index (κ3) is 5.04. The molecule has 28 heavy (non-hydrogen) atoms. The van der Waals surface area contributed by atoms with Crippen LogP contribution in [0.15, 0.2) is 53.1 Å². The number of rotatable bonds is 5. The minimum absolute atomic E-state index is 0.0550. The fourth-order valence-corrected chi connectivity index (χ4v) is 2.42. The van der Waals surface area contributed by atoms with E-state index in [1.54, 1.807) is 6.07 Å². The van der Waals surface area contributed by atoms with Crippen molar-refractivity contribution in [2.45, 2.75) is 12.6 Å². The van der Waals surface area contributed by atoms with Gasteiger partial charge in [-0.15, -0.1) is 0 Å². The van der Waals surface area contributed by atoms with Crippen molar-refractivity contribution in [2.75, 3.05) is 13.2 Å². The molecule has 1 heterocycles. The van der Waals surface area contributed by atoms with E-state index in [2.05, 4.69) is 22.3 Å². The summed E-state index contributed by atoms with van der Waals surface area (Å²) in [5, 5.41) is 7.27. The normalized spacial score (nSPS) is 11.0. The Morgan fingerprint density at radius 1 is 1.14 bits per heavy atom. The SMILES string of the molecule is O=C(Cc1noc2ccccc12)NCC#CCOc1cccc(C(F)(F)F)c1. The van der Waals surface area contributed by atoms with E-state index in [0.717, 1.165) is 17.5 Å². The molecule has 0 unspecified atom stereocenters. The van der Waals surface area contributed by atoms with Gasteiger partial charge in [0.2, 0.25) is 5.91 Å². The molecule has 0 radical (unpaired) electrons. The van der Waals surface area contributed by atoms with Crippen LogP contribution in [0.25, 0.3) is 11.0 Å². The van der Waals surface area contributed by atoms with E-state index < -0.39 is 11.7 Å². The van der Waals surface area contributed by atoms with Crippen LogP contribution in [0.5, 0.6) is 5.75 Å². The quantitative estimate of drug-likeness (QED) is 0.679. The lowest BCUT2D eigenvalue weighted by atomic mass is 10.1. The first-order chi connectivity index (χ1) is 13.4. The zero-order valence-electron chi connectivity index (χ0n) is 14.5. The van der Waals surface area contributed by atoms with Crippen molar-refractivity contribution in [3.8, 4) is 17.6 Å². The van der Waals surface area contributed by atoms with Crippen LogP contribution in [0.2, 0.25) is 0 Å². The molecule has 0 saturated heterocycles. The summed E-state index contributed by atoms with van der Waals surface area (Å²) < 4.78 is 48.2. The lowest BCUT2D eigenvalue weighted by molar-refractivity contribution is -0.137. The smallest absolute Gasteiger partial charge is 0.416 e. The predicted molar refractivity (Wildman–Crippen MR) is 95.4 cm³/mol. The van der Waals surface area contributed by atoms with Crippen molar-refractivity contribution in [1.82, 2.24) is 10.5 Å². The van der Waals surface area contributed by atoms with Gasteiger partial charge in [-0.3, -0.25) is 4.79 Å². The van der Waals surface area contributed by atoms with Crippen LogP contribution in [-0.4, -0.2) is 24.2 Å². The maximum atomic E-state index is 12.6. The maximum absolute atomic E-state index is 12.6. The Morgan fingerprint density at radius 3 is 2.79 bits per heavy atom. The standard InChI is InChI=1S/C20H15F3N2O3/c21-20(22,23)14-6-5-7-15(12-14)27-11-4-3-10-24-19(26)13-17-16-8-1-2-9-18(16)28-25-17/h1-2,5-9,12H,10-11,13H2,(H,24,26). The summed E-state index contributed by atoms with van der Waals surface area (Å²) in [5.74, 6) is 5.11. The second-order valence-corrected chi connectivity index (χ2v) is 5.75. The largest absolute Gasteiger partial charge is 0.481 e. The van der Waals surface area contributed by atoms with Crippen LogP contribution >= 0.6 is 0 Å². The lowest BCUT2D eigenvalue weighted by Gasteiger charge is -2.08. The molecule has 1 aromatic heterocycles. The molecular formula is C20H15F3N2O3. The van der Waals surface area contributed by atoms with Crippen LogP contribution < -0.4 is 10.1 Å². The number of alkyl halides is 3. The first-order valence-electron chi connectivity index (χ1n) is 8.29. The summed E-state index contributed by atoms with van der Waals surface area (Å²) in [6, 6.07) is 11.8. The van der Waals surface area contributed by atoms with E-state index in [4.69, 9.17) is 9.26 Å². The number of ether oxygens (including phenoxy) is 1. The van der Waals surface area contributed by atoms with Crippen LogP contribution in [0.1, 0.15) is 11.3 Å². The number of halogens is 3. The van der Waals surface area contributed by atoms with E-state index in [1.807, 2.05) is 18.2 Å². The molecule has 8 heteroatoms. The summed E-state index contributed by atoms with van der Waals surface area (Å²) in [4.78, 5) is 11.9. The van der Waals surface area contributed by atoms with Gasteiger partial charge in [0.25, 0.3) is 0 Å². The second-order valence-electron chi connectivity index (χ2n) is 5.75. The lowest BCUT2D eigenvalue weighted by Crippen LogP contribution is -2.25. The Balaban J connectivity index is 1.43. The predicted octanol–water partition coefficient (Wildman–Crippen LogP) is 3.59. The van der Waals surface area contributed by atoms with Crippen molar-refractivity contribution >= 4 is 16.9 Å². The van der Waals surface area contributed by atoms with Crippen molar-refractivity contribution in [3.63, 3.8) is 0 Å². The van der Waals surface area contributed by atoms with E-state index in [0.29, 0.717) is 11.3 Å². The highest BCUT2D eigenvalue weighted by Gasteiger charge is 2.30. The number of fused-ring (bicyclic) bond motifs is 1. The number of carbonyl (C=O) groups is 1. The Morgan fingerprint density at radius 2 is 1.96 bits per heavy atom. The van der Waals surface area contributed by atoms with E-state index >= 15 is 0 Å². The first kappa shape index (κ1) is 19.3. The van der Waals surface area contributed by atoms with Gasteiger partial charge in [0.15, 0.2) is 5.58 Å². The van der Waals surface area contributed by atoms with Crippen molar-refractivity contribution in [1.29, 1.82) is 0 Å². The minimum atomic E-state index is -4.43. The summed E-state index contributed by atoms with van der Waals surface area (Å²) in [6.45, 7) is -0.00826. The van der Waals surface area contributed by atoms with Gasteiger partial charge in [-0.25, -0.2) is 0 Å². The van der Waals surface area contributed by atoms with Gasteiger partial charge >= 0.3 is 6.18 Å². The molecule has 1 amide bonds. The number of benzene rings is 2. The molecule has 0 spiro atoms. The highest BCUT2D eigenvalue weighted by atomic mass is 19.4. The Labute approximate surface area is 158 Å². The zero-order chi connectivity index (χ0) is 20.0. The summed E-state index contributed by atoms with van der Waals surface area (Å²) in [5.41, 5.74) is 0.358. The van der Waals surface area contributed by atoms with Gasteiger partial charge < -0.3 is 14.6 Å². The molecular weight excluding hydrogens is 373 g/mol. The molecule has 0 atom stereocenters. The van der Waals surface area contributed by atoms with Gasteiger partial charge in [0.1, 0.15) is 18.1 Å². The molecule has 0 fully saturated rings. The molecule has 0 aliphatic heterocycles. The van der Waals surface area contributed by atoms with Crippen molar-refractivity contribution in [2.24, 2.45) is 0 Å². The van der Waals surface area contributed by atoms with Crippen LogP contribution in [0.3, 0.4) is 0 Å². The molecule has 5 nitrogen and oxygen atoms in total. The number of hydrogen-bond acceptors (Lipinski definition) is 4. The monoisotopic (exact) mass is 388 g/mol. The summed E-state index contributed by atoms with van der Waals surface area (Å²) in [6.07, 6.45) is -4.37. The maximum Gasteiger partial charge on any atom is 0.416 e. The van der Waals surface area contributed by atoms with Gasteiger partial charge in [0, 0.05) is 5.39 Å². The Bertz CT molecular complexity index is 1030. The molecule has 0 aliphatic rings. The molecule has 1 N–H and O–H groups in total. The minimum Gasteiger partial charge on any atom is -0.481 e. The zero-order valence-corrected chi connectivity index (χ0v) is 14.5. The third-order valence-electron chi connectivity index (χ3n) is 3.75. The molecule has 3 rings (SSSR count). The van der Waals surface area contributed by atoms with E-state index in [1.165, 1.54) is 12.1 Å². The number of hydrogen-bond donors (Lipinski definition) is 1. The van der Waals surface area contributed by atoms with Gasteiger partial charge in [0.05, 0.1) is 18.5 Å². The molecule has 0 bridgehead atoms. The highest BCUT2D eigenvalue weighted by Crippen LogP contribution is 2.31. The Hall–Kier alpha value is -3.47. The van der Waals surface area contributed by atoms with Gasteiger partial charge in [-0.1, -0.05) is 35.2 Å². The van der Waals surface area contributed by atoms with E-state index in [9.17, 15) is 18.0 Å². The topological polar surface area (TPSA) is 64.4 Å². The first-order valence-corrected chi connectivity index (χ1v) is 8.29. The molecule has 144 valence electrons. The van der Waals surface area contributed by atoms with Crippen molar-refractivity contribution < 1.29 is 27.2 Å². The number of para-hydroxylation sites is 1. The van der Waals surface area contributed by atoms with Gasteiger partial charge in [-0.2, -0.15) is 13.2 Å². The number of nitrogens with zero attached hydrogens (tertiary/aromatic N) is 1. The Kier molecular flexibility index (Phi) is 5.84. The second kappa shape index (κ2) is 8.48. The summed E-state index contributed by atoms with van der Waals surface area (Å²) in [7, 11) is 0. The number of aromatic nitrogens is 1. The van der Waals surface area contributed by atoms with E-state index in [-0.39, 0.29) is 31.2 Å². The fourth-order valence-electron chi connectivity index (χ4n) is 2.42. The number of amides is 1. The number of carbonyl (C=O) groups excluding carboxylic acids is 1. The van der Waals surface area contributed by atoms with Gasteiger partial charge in [-0.05, 0) is 30.3 Å². The third-order valence-corrected chi connectivity index (χ3v) is 3.75. The molecule has 0 aliphatic carbocycles. The average Bonchev–Trinajstić information content (AvgIpc) is 3.07. The average molecular weight is 388 g/mol. The highest BCUT2D eigenvalue weighted by molar-refractivity contribution is 5.86.